The van der Waals surface area contributed by atoms with Crippen molar-refractivity contribution in [2.24, 2.45) is 0 Å². The second kappa shape index (κ2) is 7.52. The quantitative estimate of drug-likeness (QED) is 0.636. The molecule has 1 atom stereocenters. The van der Waals surface area contributed by atoms with Crippen molar-refractivity contribution in [1.82, 2.24) is 20.9 Å². The predicted molar refractivity (Wildman–Crippen MR) is 83.8 cm³/mol. The zero-order chi connectivity index (χ0) is 15.1. The highest BCUT2D eigenvalue weighted by Crippen LogP contribution is 2.17. The summed E-state index contributed by atoms with van der Waals surface area (Å²) in [5, 5.41) is 9.28. The molecule has 0 saturated carbocycles. The van der Waals surface area contributed by atoms with Crippen molar-refractivity contribution in [3.05, 3.63) is 36.8 Å². The Morgan fingerprint density at radius 1 is 1.43 bits per heavy atom. The van der Waals surface area contributed by atoms with Gasteiger partial charge in [-0.1, -0.05) is 12.6 Å². The monoisotopic (exact) mass is 289 g/mol. The van der Waals surface area contributed by atoms with E-state index in [-0.39, 0.29) is 5.91 Å². The summed E-state index contributed by atoms with van der Waals surface area (Å²) in [7, 11) is 0. The van der Waals surface area contributed by atoms with Gasteiger partial charge in [0.05, 0.1) is 5.82 Å². The second-order valence-corrected chi connectivity index (χ2v) is 5.15. The molecule has 0 aliphatic carbocycles. The van der Waals surface area contributed by atoms with Crippen LogP contribution in [0.1, 0.15) is 13.3 Å². The van der Waals surface area contributed by atoms with Gasteiger partial charge in [-0.15, -0.1) is 0 Å². The maximum Gasteiger partial charge on any atom is 0.216 e. The van der Waals surface area contributed by atoms with Crippen LogP contribution in [0, 0.1) is 0 Å². The van der Waals surface area contributed by atoms with Gasteiger partial charge in [-0.3, -0.25) is 4.79 Å². The third kappa shape index (κ3) is 4.98. The second-order valence-electron chi connectivity index (χ2n) is 5.15. The minimum absolute atomic E-state index is 0.0165. The van der Waals surface area contributed by atoms with Crippen LogP contribution in [0.15, 0.2) is 36.8 Å². The summed E-state index contributed by atoms with van der Waals surface area (Å²) < 4.78 is 0. The molecule has 1 aliphatic heterocycles. The number of pyridine rings is 1. The van der Waals surface area contributed by atoms with Crippen molar-refractivity contribution < 1.29 is 4.79 Å². The normalized spacial score (nSPS) is 17.4. The summed E-state index contributed by atoms with van der Waals surface area (Å²) in [5.74, 6) is 1.80. The molecule has 1 unspecified atom stereocenters. The van der Waals surface area contributed by atoms with Gasteiger partial charge in [-0.2, -0.15) is 0 Å². The highest BCUT2D eigenvalue weighted by molar-refractivity contribution is 5.72. The fraction of sp³-hybridized carbons (Fsp3) is 0.467. The number of carbonyl (C=O) groups excluding carboxylic acids is 1. The zero-order valence-corrected chi connectivity index (χ0v) is 12.4. The Hall–Kier alpha value is -2.24. The first-order chi connectivity index (χ1) is 10.1. The SMILES string of the molecule is C=C(NCCNC(C)=O)NC1CCN(c2ccccn2)C1. The van der Waals surface area contributed by atoms with E-state index in [0.717, 1.165) is 31.1 Å². The van der Waals surface area contributed by atoms with Crippen molar-refractivity contribution in [2.45, 2.75) is 19.4 Å². The first kappa shape index (κ1) is 15.2. The predicted octanol–water partition coefficient (Wildman–Crippen LogP) is 0.447. The third-order valence-corrected chi connectivity index (χ3v) is 3.38. The van der Waals surface area contributed by atoms with Crippen molar-refractivity contribution in [1.29, 1.82) is 0 Å². The van der Waals surface area contributed by atoms with Crippen LogP contribution in [0.2, 0.25) is 0 Å². The van der Waals surface area contributed by atoms with E-state index in [2.05, 4.69) is 32.4 Å². The van der Waals surface area contributed by atoms with E-state index in [9.17, 15) is 4.79 Å². The van der Waals surface area contributed by atoms with Crippen molar-refractivity contribution >= 4 is 11.7 Å². The zero-order valence-electron chi connectivity index (χ0n) is 12.4. The van der Waals surface area contributed by atoms with Crippen molar-refractivity contribution in [3.8, 4) is 0 Å². The molecule has 2 heterocycles. The van der Waals surface area contributed by atoms with Gasteiger partial charge < -0.3 is 20.9 Å². The van der Waals surface area contributed by atoms with Crippen LogP contribution in [0.4, 0.5) is 5.82 Å². The lowest BCUT2D eigenvalue weighted by Gasteiger charge is -2.20. The number of anilines is 1. The van der Waals surface area contributed by atoms with Gasteiger partial charge in [0.2, 0.25) is 5.91 Å². The van der Waals surface area contributed by atoms with Gasteiger partial charge in [-0.05, 0) is 18.6 Å². The van der Waals surface area contributed by atoms with E-state index < -0.39 is 0 Å². The fourth-order valence-corrected chi connectivity index (χ4v) is 2.38. The summed E-state index contributed by atoms with van der Waals surface area (Å²) in [4.78, 5) is 17.4. The van der Waals surface area contributed by atoms with Crippen LogP contribution in [-0.2, 0) is 4.79 Å². The lowest BCUT2D eigenvalue weighted by Crippen LogP contribution is -2.39. The lowest BCUT2D eigenvalue weighted by atomic mass is 10.3. The largest absolute Gasteiger partial charge is 0.371 e. The average Bonchev–Trinajstić information content (AvgIpc) is 2.93. The van der Waals surface area contributed by atoms with Crippen LogP contribution in [0.3, 0.4) is 0 Å². The molecule has 0 radical (unpaired) electrons. The maximum atomic E-state index is 10.7. The third-order valence-electron chi connectivity index (χ3n) is 3.38. The summed E-state index contributed by atoms with van der Waals surface area (Å²) in [6.07, 6.45) is 2.88. The number of amides is 1. The number of aromatic nitrogens is 1. The van der Waals surface area contributed by atoms with Crippen LogP contribution in [0.25, 0.3) is 0 Å². The molecule has 1 aliphatic rings. The molecule has 6 nitrogen and oxygen atoms in total. The highest BCUT2D eigenvalue weighted by Gasteiger charge is 2.23. The number of carbonyl (C=O) groups is 1. The molecule has 1 saturated heterocycles. The molecule has 114 valence electrons. The average molecular weight is 289 g/mol. The summed E-state index contributed by atoms with van der Waals surface area (Å²) in [6.45, 7) is 8.66. The Balaban J connectivity index is 1.68. The number of nitrogens with one attached hydrogen (secondary N) is 3. The van der Waals surface area contributed by atoms with Gasteiger partial charge in [0, 0.05) is 45.3 Å². The maximum absolute atomic E-state index is 10.7. The molecule has 0 aromatic carbocycles. The minimum Gasteiger partial charge on any atom is -0.371 e. The molecule has 3 N–H and O–H groups in total. The number of nitrogens with zero attached hydrogens (tertiary/aromatic N) is 2. The first-order valence-corrected chi connectivity index (χ1v) is 7.25. The number of hydrogen-bond donors (Lipinski definition) is 3. The number of hydrogen-bond acceptors (Lipinski definition) is 5. The van der Waals surface area contributed by atoms with Gasteiger partial charge in [0.15, 0.2) is 0 Å². The Morgan fingerprint density at radius 2 is 2.24 bits per heavy atom. The summed E-state index contributed by atoms with van der Waals surface area (Å²) in [5.41, 5.74) is 0. The van der Waals surface area contributed by atoms with Crippen molar-refractivity contribution in [3.63, 3.8) is 0 Å². The molecule has 0 bridgehead atoms. The fourth-order valence-electron chi connectivity index (χ4n) is 2.38. The van der Waals surface area contributed by atoms with E-state index >= 15 is 0 Å². The molecule has 1 aromatic rings. The standard InChI is InChI=1S/C15H23N5O/c1-12(16-8-9-17-13(2)21)19-14-6-10-20(11-14)15-5-3-4-7-18-15/h3-5,7,14,16,19H,1,6,8-11H2,2H3,(H,17,21). The summed E-state index contributed by atoms with van der Waals surface area (Å²) >= 11 is 0. The Labute approximate surface area is 125 Å². The molecule has 21 heavy (non-hydrogen) atoms. The Bertz CT molecular complexity index is 476. The topological polar surface area (TPSA) is 69.3 Å². The molecule has 0 spiro atoms. The molecular formula is C15H23N5O. The van der Waals surface area contributed by atoms with Crippen molar-refractivity contribution in [2.75, 3.05) is 31.1 Å². The van der Waals surface area contributed by atoms with Gasteiger partial charge >= 0.3 is 0 Å². The van der Waals surface area contributed by atoms with E-state index in [1.54, 1.807) is 0 Å². The number of rotatable bonds is 7. The first-order valence-electron chi connectivity index (χ1n) is 7.25. The van der Waals surface area contributed by atoms with E-state index in [1.165, 1.54) is 6.92 Å². The van der Waals surface area contributed by atoms with E-state index in [1.807, 2.05) is 24.4 Å². The van der Waals surface area contributed by atoms with Crippen LogP contribution in [-0.4, -0.2) is 43.1 Å². The van der Waals surface area contributed by atoms with E-state index in [4.69, 9.17) is 0 Å². The molecule has 1 amide bonds. The highest BCUT2D eigenvalue weighted by atomic mass is 16.1. The molecule has 6 heteroatoms. The summed E-state index contributed by atoms with van der Waals surface area (Å²) in [6, 6.07) is 6.33. The van der Waals surface area contributed by atoms with Crippen LogP contribution in [0.5, 0.6) is 0 Å². The van der Waals surface area contributed by atoms with Gasteiger partial charge in [0.1, 0.15) is 5.82 Å². The molecular weight excluding hydrogens is 266 g/mol. The van der Waals surface area contributed by atoms with Gasteiger partial charge in [-0.25, -0.2) is 4.98 Å². The van der Waals surface area contributed by atoms with Crippen LogP contribution < -0.4 is 20.9 Å². The van der Waals surface area contributed by atoms with Crippen LogP contribution >= 0.6 is 0 Å². The molecule has 1 fully saturated rings. The van der Waals surface area contributed by atoms with Gasteiger partial charge in [0.25, 0.3) is 0 Å². The Morgan fingerprint density at radius 3 is 2.95 bits per heavy atom. The Kier molecular flexibility index (Phi) is 5.43. The minimum atomic E-state index is -0.0165. The molecule has 1 aromatic heterocycles. The van der Waals surface area contributed by atoms with E-state index in [0.29, 0.717) is 19.1 Å². The smallest absolute Gasteiger partial charge is 0.216 e. The molecule has 2 rings (SSSR count). The lowest BCUT2D eigenvalue weighted by molar-refractivity contribution is -0.118.